The van der Waals surface area contributed by atoms with Crippen LogP contribution >= 0.6 is 0 Å². The zero-order valence-corrected chi connectivity index (χ0v) is 22.6. The van der Waals surface area contributed by atoms with Gasteiger partial charge in [0.1, 0.15) is 11.5 Å². The van der Waals surface area contributed by atoms with E-state index in [-0.39, 0.29) is 0 Å². The number of methoxy groups -OCH3 is 1. The molecule has 1 N–H and O–H groups in total. The van der Waals surface area contributed by atoms with Crippen LogP contribution in [0, 0.1) is 0 Å². The van der Waals surface area contributed by atoms with E-state index >= 15 is 0 Å². The van der Waals surface area contributed by atoms with Crippen molar-refractivity contribution in [2.45, 2.75) is 70.9 Å². The van der Waals surface area contributed by atoms with Gasteiger partial charge >= 0.3 is 0 Å². The van der Waals surface area contributed by atoms with Gasteiger partial charge in [-0.3, -0.25) is 4.90 Å². The maximum absolute atomic E-state index is 9.91. The second kappa shape index (κ2) is 12.0. The van der Waals surface area contributed by atoms with Crippen molar-refractivity contribution >= 4 is 5.69 Å². The maximum Gasteiger partial charge on any atom is 0.120 e. The fourth-order valence-corrected chi connectivity index (χ4v) is 6.17. The molecule has 0 bridgehead atoms. The number of hydrogen-bond donors (Lipinski definition) is 1. The number of phenols is 1. The summed E-state index contributed by atoms with van der Waals surface area (Å²) in [5.41, 5.74) is 8.10. The van der Waals surface area contributed by atoms with E-state index in [9.17, 15) is 5.11 Å². The van der Waals surface area contributed by atoms with E-state index in [1.54, 1.807) is 7.11 Å². The largest absolute Gasteiger partial charge is 0.508 e. The first-order valence-electron chi connectivity index (χ1n) is 14.2. The molecule has 3 aromatic rings. The zero-order chi connectivity index (χ0) is 25.6. The van der Waals surface area contributed by atoms with Crippen LogP contribution in [-0.4, -0.2) is 36.8 Å². The Kier molecular flexibility index (Phi) is 8.35. The van der Waals surface area contributed by atoms with Crippen molar-refractivity contribution in [2.24, 2.45) is 0 Å². The summed E-state index contributed by atoms with van der Waals surface area (Å²) in [7, 11) is 1.75. The Balaban J connectivity index is 1.33. The topological polar surface area (TPSA) is 35.9 Å². The number of hydrogen-bond acceptors (Lipinski definition) is 4. The molecule has 37 heavy (non-hydrogen) atoms. The third-order valence-electron chi connectivity index (χ3n) is 8.32. The Morgan fingerprint density at radius 2 is 1.65 bits per heavy atom. The highest BCUT2D eigenvalue weighted by Crippen LogP contribution is 2.40. The van der Waals surface area contributed by atoms with Crippen LogP contribution in [0.1, 0.15) is 72.8 Å². The third kappa shape index (κ3) is 6.30. The van der Waals surface area contributed by atoms with Crippen LogP contribution in [-0.2, 0) is 25.9 Å². The summed E-state index contributed by atoms with van der Waals surface area (Å²) in [5.74, 6) is 1.74. The predicted molar refractivity (Wildman–Crippen MR) is 153 cm³/mol. The van der Waals surface area contributed by atoms with E-state index in [0.29, 0.717) is 11.7 Å². The highest BCUT2D eigenvalue weighted by atomic mass is 16.5. The van der Waals surface area contributed by atoms with E-state index in [1.807, 2.05) is 12.1 Å². The molecule has 1 aliphatic heterocycles. The first kappa shape index (κ1) is 25.7. The smallest absolute Gasteiger partial charge is 0.120 e. The van der Waals surface area contributed by atoms with Gasteiger partial charge in [-0.15, -0.1) is 0 Å². The van der Waals surface area contributed by atoms with Gasteiger partial charge in [0.25, 0.3) is 0 Å². The van der Waals surface area contributed by atoms with Crippen molar-refractivity contribution < 1.29 is 9.84 Å². The van der Waals surface area contributed by atoms with Crippen LogP contribution < -0.4 is 9.64 Å². The van der Waals surface area contributed by atoms with Crippen LogP contribution in [0.5, 0.6) is 11.5 Å². The van der Waals surface area contributed by atoms with Crippen molar-refractivity contribution in [3.05, 3.63) is 88.5 Å². The van der Waals surface area contributed by atoms with E-state index in [0.717, 1.165) is 44.6 Å². The van der Waals surface area contributed by atoms with E-state index in [2.05, 4.69) is 65.3 Å². The molecule has 4 heteroatoms. The molecule has 4 nitrogen and oxygen atoms in total. The molecule has 2 aliphatic rings. The normalized spacial score (nSPS) is 18.2. The molecule has 0 spiro atoms. The standard InChI is InChI=1S/C33H42N2O2/c1-3-35(24-26-10-8-25(9-11-26)23-34-18-6-4-5-7-19-34)33-22-31(37-2)16-17-32(33)29-13-12-28-21-30(36)15-14-27(28)20-29/h8-11,14-17,21-22,29,36H,3-7,12-13,18-20,23-24H2,1-2H3. The quantitative estimate of drug-likeness (QED) is 0.360. The summed E-state index contributed by atoms with van der Waals surface area (Å²) in [6.45, 7) is 7.60. The van der Waals surface area contributed by atoms with Gasteiger partial charge in [-0.25, -0.2) is 0 Å². The molecule has 0 saturated carbocycles. The second-order valence-electron chi connectivity index (χ2n) is 10.8. The van der Waals surface area contributed by atoms with Gasteiger partial charge in [-0.1, -0.05) is 49.2 Å². The van der Waals surface area contributed by atoms with Crippen molar-refractivity contribution in [3.63, 3.8) is 0 Å². The van der Waals surface area contributed by atoms with Gasteiger partial charge in [-0.2, -0.15) is 0 Å². The molecule has 0 amide bonds. The number of benzene rings is 3. The average molecular weight is 499 g/mol. The number of aromatic hydroxyl groups is 1. The van der Waals surface area contributed by atoms with Gasteiger partial charge in [0.05, 0.1) is 7.11 Å². The Labute approximate surface area is 222 Å². The number of nitrogens with zero attached hydrogens (tertiary/aromatic N) is 2. The molecule has 1 atom stereocenters. The lowest BCUT2D eigenvalue weighted by Gasteiger charge is -2.32. The molecule has 1 aliphatic carbocycles. The number of fused-ring (bicyclic) bond motifs is 1. The Morgan fingerprint density at radius 3 is 2.38 bits per heavy atom. The fourth-order valence-electron chi connectivity index (χ4n) is 6.17. The first-order valence-corrected chi connectivity index (χ1v) is 14.2. The highest BCUT2D eigenvalue weighted by molar-refractivity contribution is 5.60. The lowest BCUT2D eigenvalue weighted by atomic mass is 9.79. The van der Waals surface area contributed by atoms with Crippen LogP contribution in [0.2, 0.25) is 0 Å². The predicted octanol–water partition coefficient (Wildman–Crippen LogP) is 7.08. The number of anilines is 1. The lowest BCUT2D eigenvalue weighted by molar-refractivity contribution is 0.277. The van der Waals surface area contributed by atoms with Gasteiger partial charge in [-0.05, 0) is 104 Å². The van der Waals surface area contributed by atoms with Crippen molar-refractivity contribution in [3.8, 4) is 11.5 Å². The zero-order valence-electron chi connectivity index (χ0n) is 22.6. The molecular formula is C33H42N2O2. The molecule has 0 radical (unpaired) electrons. The monoisotopic (exact) mass is 498 g/mol. The molecule has 1 saturated heterocycles. The molecule has 5 rings (SSSR count). The molecule has 1 unspecified atom stereocenters. The number of phenolic OH excluding ortho intramolecular Hbond substituents is 1. The number of aryl methyl sites for hydroxylation is 1. The first-order chi connectivity index (χ1) is 18.1. The van der Waals surface area contributed by atoms with Gasteiger partial charge in [0.15, 0.2) is 0 Å². The molecule has 0 aromatic heterocycles. The van der Waals surface area contributed by atoms with Gasteiger partial charge < -0.3 is 14.7 Å². The maximum atomic E-state index is 9.91. The van der Waals surface area contributed by atoms with E-state index in [4.69, 9.17) is 4.74 Å². The van der Waals surface area contributed by atoms with Crippen molar-refractivity contribution in [2.75, 3.05) is 31.6 Å². The van der Waals surface area contributed by atoms with Crippen LogP contribution in [0.3, 0.4) is 0 Å². The lowest BCUT2D eigenvalue weighted by Crippen LogP contribution is -2.25. The Morgan fingerprint density at radius 1 is 0.892 bits per heavy atom. The highest BCUT2D eigenvalue weighted by Gasteiger charge is 2.24. The summed E-state index contributed by atoms with van der Waals surface area (Å²) in [4.78, 5) is 5.11. The Bertz CT molecular complexity index is 1170. The fraction of sp³-hybridized carbons (Fsp3) is 0.455. The molecule has 1 fully saturated rings. The number of likely N-dealkylation sites (tertiary alicyclic amines) is 1. The second-order valence-corrected chi connectivity index (χ2v) is 10.8. The number of ether oxygens (including phenoxy) is 1. The molecule has 1 heterocycles. The van der Waals surface area contributed by atoms with Crippen LogP contribution in [0.25, 0.3) is 0 Å². The minimum Gasteiger partial charge on any atom is -0.508 e. The third-order valence-corrected chi connectivity index (χ3v) is 8.32. The Hall–Kier alpha value is -2.98. The van der Waals surface area contributed by atoms with Crippen molar-refractivity contribution in [1.82, 2.24) is 4.90 Å². The summed E-state index contributed by atoms with van der Waals surface area (Å²) in [6.07, 6.45) is 8.54. The number of rotatable bonds is 8. The summed E-state index contributed by atoms with van der Waals surface area (Å²) < 4.78 is 5.65. The molecule has 3 aromatic carbocycles. The van der Waals surface area contributed by atoms with Crippen LogP contribution in [0.4, 0.5) is 5.69 Å². The average Bonchev–Trinajstić information content (AvgIpc) is 3.20. The van der Waals surface area contributed by atoms with Gasteiger partial charge in [0, 0.05) is 31.4 Å². The van der Waals surface area contributed by atoms with Gasteiger partial charge in [0.2, 0.25) is 0 Å². The molecular weight excluding hydrogens is 456 g/mol. The SMILES string of the molecule is CCN(Cc1ccc(CN2CCCCCC2)cc1)c1cc(OC)ccc1C1CCc2cc(O)ccc2C1. The summed E-state index contributed by atoms with van der Waals surface area (Å²) >= 11 is 0. The van der Waals surface area contributed by atoms with Crippen LogP contribution in [0.15, 0.2) is 60.7 Å². The van der Waals surface area contributed by atoms with Crippen molar-refractivity contribution in [1.29, 1.82) is 0 Å². The summed E-state index contributed by atoms with van der Waals surface area (Å²) in [5, 5.41) is 9.91. The minimum atomic E-state index is 0.372. The summed E-state index contributed by atoms with van der Waals surface area (Å²) in [6, 6.07) is 21.8. The minimum absolute atomic E-state index is 0.372. The van der Waals surface area contributed by atoms with E-state index < -0.39 is 0 Å². The molecule has 196 valence electrons. The van der Waals surface area contributed by atoms with E-state index in [1.165, 1.54) is 72.3 Å².